The molecule has 128 valence electrons. The summed E-state index contributed by atoms with van der Waals surface area (Å²) in [6.07, 6.45) is 0. The number of phenols is 1. The maximum atomic E-state index is 10.5. The smallest absolute Gasteiger partial charge is 0.165 e. The number of hydrogen-bond acceptors (Lipinski definition) is 5. The second kappa shape index (κ2) is 6.86. The van der Waals surface area contributed by atoms with Crippen molar-refractivity contribution in [3.05, 3.63) is 64.1 Å². The van der Waals surface area contributed by atoms with Crippen LogP contribution in [-0.4, -0.2) is 28.1 Å². The zero-order chi connectivity index (χ0) is 17.2. The van der Waals surface area contributed by atoms with Crippen LogP contribution in [0.2, 0.25) is 0 Å². The minimum Gasteiger partial charge on any atom is -0.504 e. The number of aromatic hydroxyl groups is 1. The Morgan fingerprint density at radius 1 is 1.28 bits per heavy atom. The number of thiazole rings is 1. The lowest BCUT2D eigenvalue weighted by atomic mass is 9.98. The quantitative estimate of drug-likeness (QED) is 0.767. The van der Waals surface area contributed by atoms with E-state index in [4.69, 9.17) is 4.74 Å². The summed E-state index contributed by atoms with van der Waals surface area (Å²) >= 11 is 1.61. The topological polar surface area (TPSA) is 45.6 Å². The van der Waals surface area contributed by atoms with Crippen molar-refractivity contribution in [3.63, 3.8) is 0 Å². The van der Waals surface area contributed by atoms with Gasteiger partial charge in [-0.1, -0.05) is 24.3 Å². The van der Waals surface area contributed by atoms with Crippen molar-refractivity contribution < 1.29 is 9.84 Å². The van der Waals surface area contributed by atoms with E-state index in [0.29, 0.717) is 12.4 Å². The van der Waals surface area contributed by atoms with Gasteiger partial charge in [-0.2, -0.15) is 0 Å². The molecule has 1 aromatic heterocycles. The first-order valence-corrected chi connectivity index (χ1v) is 9.29. The predicted molar refractivity (Wildman–Crippen MR) is 100 cm³/mol. The molecule has 5 heteroatoms. The zero-order valence-corrected chi connectivity index (χ0v) is 14.9. The molecule has 1 aliphatic heterocycles. The van der Waals surface area contributed by atoms with Gasteiger partial charge in [-0.15, -0.1) is 11.3 Å². The summed E-state index contributed by atoms with van der Waals surface area (Å²) in [5.41, 5.74) is 7.30. The lowest BCUT2D eigenvalue weighted by molar-refractivity contribution is 0.216. The number of fused-ring (bicyclic) bond motifs is 1. The van der Waals surface area contributed by atoms with Crippen LogP contribution in [0.4, 0.5) is 0 Å². The fourth-order valence-electron chi connectivity index (χ4n) is 3.29. The predicted octanol–water partition coefficient (Wildman–Crippen LogP) is 4.22. The Balaban J connectivity index is 1.68. The Kier molecular flexibility index (Phi) is 4.42. The van der Waals surface area contributed by atoms with Crippen LogP contribution >= 0.6 is 11.3 Å². The highest BCUT2D eigenvalue weighted by molar-refractivity contribution is 7.07. The highest BCUT2D eigenvalue weighted by atomic mass is 32.1. The monoisotopic (exact) mass is 352 g/mol. The van der Waals surface area contributed by atoms with Crippen LogP contribution in [0.15, 0.2) is 47.3 Å². The molecule has 1 aliphatic rings. The molecule has 0 radical (unpaired) electrons. The SMILES string of the molecule is Cc1ccccc1-c1cc(O)c2c(c1)CN(Cc1cscn1)CCO2. The van der Waals surface area contributed by atoms with Gasteiger partial charge < -0.3 is 9.84 Å². The molecular weight excluding hydrogens is 332 g/mol. The number of rotatable bonds is 3. The molecule has 0 saturated heterocycles. The summed E-state index contributed by atoms with van der Waals surface area (Å²) in [5.74, 6) is 0.823. The third-order valence-electron chi connectivity index (χ3n) is 4.52. The Morgan fingerprint density at radius 3 is 2.96 bits per heavy atom. The molecule has 0 aliphatic carbocycles. The van der Waals surface area contributed by atoms with Crippen LogP contribution in [0.5, 0.6) is 11.5 Å². The van der Waals surface area contributed by atoms with Crippen molar-refractivity contribution in [2.24, 2.45) is 0 Å². The number of benzene rings is 2. The maximum Gasteiger partial charge on any atom is 0.165 e. The standard InChI is InChI=1S/C20H20N2O2S/c1-14-4-2-3-5-18(14)15-8-16-10-22(11-17-12-25-13-21-17)6-7-24-20(16)19(23)9-15/h2-5,8-9,12-13,23H,6-7,10-11H2,1H3. The van der Waals surface area contributed by atoms with Gasteiger partial charge in [-0.25, -0.2) is 4.98 Å². The second-order valence-electron chi connectivity index (χ2n) is 6.34. The summed E-state index contributed by atoms with van der Waals surface area (Å²) in [7, 11) is 0. The van der Waals surface area contributed by atoms with Crippen LogP contribution in [-0.2, 0) is 13.1 Å². The van der Waals surface area contributed by atoms with Gasteiger partial charge in [0.25, 0.3) is 0 Å². The van der Waals surface area contributed by atoms with Crippen LogP contribution in [0.25, 0.3) is 11.1 Å². The number of nitrogens with zero attached hydrogens (tertiary/aromatic N) is 2. The van der Waals surface area contributed by atoms with Gasteiger partial charge in [-0.3, -0.25) is 4.90 Å². The molecule has 0 atom stereocenters. The van der Waals surface area contributed by atoms with E-state index < -0.39 is 0 Å². The van der Waals surface area contributed by atoms with Crippen LogP contribution < -0.4 is 4.74 Å². The van der Waals surface area contributed by atoms with E-state index in [1.165, 1.54) is 5.56 Å². The molecule has 0 fully saturated rings. The summed E-state index contributed by atoms with van der Waals surface area (Å²) in [6.45, 7) is 4.99. The number of ether oxygens (including phenoxy) is 1. The summed E-state index contributed by atoms with van der Waals surface area (Å²) in [5, 5.41) is 12.6. The molecule has 25 heavy (non-hydrogen) atoms. The Labute approximate surface area is 151 Å². The van der Waals surface area contributed by atoms with Crippen LogP contribution in [0.3, 0.4) is 0 Å². The number of phenolic OH excluding ortho intramolecular Hbond substituents is 1. The van der Waals surface area contributed by atoms with Gasteiger partial charge in [0.05, 0.1) is 11.2 Å². The van der Waals surface area contributed by atoms with E-state index in [-0.39, 0.29) is 5.75 Å². The van der Waals surface area contributed by atoms with Gasteiger partial charge in [0.15, 0.2) is 11.5 Å². The minimum absolute atomic E-state index is 0.214. The lowest BCUT2D eigenvalue weighted by Crippen LogP contribution is -2.25. The van der Waals surface area contributed by atoms with Gasteiger partial charge in [0.2, 0.25) is 0 Å². The number of hydrogen-bond donors (Lipinski definition) is 1. The first-order valence-electron chi connectivity index (χ1n) is 8.35. The summed E-state index contributed by atoms with van der Waals surface area (Å²) in [4.78, 5) is 6.69. The first-order chi connectivity index (χ1) is 12.2. The third kappa shape index (κ3) is 3.38. The van der Waals surface area contributed by atoms with E-state index in [1.807, 2.05) is 17.6 Å². The zero-order valence-electron chi connectivity index (χ0n) is 14.1. The van der Waals surface area contributed by atoms with Crippen LogP contribution in [0, 0.1) is 6.92 Å². The molecule has 4 rings (SSSR count). The normalized spacial score (nSPS) is 14.6. The third-order valence-corrected chi connectivity index (χ3v) is 5.15. The van der Waals surface area contributed by atoms with E-state index in [2.05, 4.69) is 40.4 Å². The molecule has 0 saturated carbocycles. The fourth-order valence-corrected chi connectivity index (χ4v) is 3.83. The Hall–Kier alpha value is -2.37. The summed E-state index contributed by atoms with van der Waals surface area (Å²) < 4.78 is 5.84. The Morgan fingerprint density at radius 2 is 2.16 bits per heavy atom. The van der Waals surface area contributed by atoms with E-state index in [1.54, 1.807) is 17.4 Å². The van der Waals surface area contributed by atoms with Gasteiger partial charge in [0.1, 0.15) is 6.61 Å². The number of aromatic nitrogens is 1. The van der Waals surface area contributed by atoms with E-state index in [0.717, 1.165) is 42.0 Å². The minimum atomic E-state index is 0.214. The fraction of sp³-hybridized carbons (Fsp3) is 0.250. The first kappa shape index (κ1) is 16.1. The molecular formula is C20H20N2O2S. The highest BCUT2D eigenvalue weighted by Crippen LogP contribution is 2.38. The molecule has 2 aromatic carbocycles. The van der Waals surface area contributed by atoms with Crippen molar-refractivity contribution in [2.75, 3.05) is 13.2 Å². The Bertz CT molecular complexity index is 877. The van der Waals surface area contributed by atoms with E-state index in [9.17, 15) is 5.11 Å². The largest absolute Gasteiger partial charge is 0.504 e. The maximum absolute atomic E-state index is 10.5. The molecule has 4 nitrogen and oxygen atoms in total. The average molecular weight is 352 g/mol. The van der Waals surface area contributed by atoms with Crippen molar-refractivity contribution >= 4 is 11.3 Å². The molecule has 0 unspecified atom stereocenters. The average Bonchev–Trinajstić information content (AvgIpc) is 3.01. The molecule has 0 spiro atoms. The van der Waals surface area contributed by atoms with Crippen molar-refractivity contribution in [3.8, 4) is 22.6 Å². The van der Waals surface area contributed by atoms with Crippen molar-refractivity contribution in [2.45, 2.75) is 20.0 Å². The molecule has 2 heterocycles. The van der Waals surface area contributed by atoms with Crippen LogP contribution in [0.1, 0.15) is 16.8 Å². The second-order valence-corrected chi connectivity index (χ2v) is 7.06. The molecule has 0 amide bonds. The van der Waals surface area contributed by atoms with Crippen molar-refractivity contribution in [1.29, 1.82) is 0 Å². The highest BCUT2D eigenvalue weighted by Gasteiger charge is 2.20. The lowest BCUT2D eigenvalue weighted by Gasteiger charge is -2.18. The molecule has 1 N–H and O–H groups in total. The van der Waals surface area contributed by atoms with Crippen molar-refractivity contribution in [1.82, 2.24) is 9.88 Å². The summed E-state index contributed by atoms with van der Waals surface area (Å²) in [6, 6.07) is 12.2. The molecule has 3 aromatic rings. The van der Waals surface area contributed by atoms with Gasteiger partial charge in [0, 0.05) is 30.6 Å². The number of aryl methyl sites for hydroxylation is 1. The van der Waals surface area contributed by atoms with Gasteiger partial charge in [-0.05, 0) is 35.7 Å². The van der Waals surface area contributed by atoms with E-state index >= 15 is 0 Å². The molecule has 0 bridgehead atoms. The van der Waals surface area contributed by atoms with Gasteiger partial charge >= 0.3 is 0 Å².